The van der Waals surface area contributed by atoms with Gasteiger partial charge in [0.2, 0.25) is 10.0 Å². The Morgan fingerprint density at radius 3 is 1.91 bits per heavy atom. The molecule has 9 nitrogen and oxygen atoms in total. The normalized spacial score (nSPS) is 14.1. The SMILES string of the molecule is O=C(NO)[C@@H](CCN1C(=O)c2ccccc2C1=O)NS(=O)(=O)c1ccc(-c2ccc(Cl)cc2)cc1. The van der Waals surface area contributed by atoms with Crippen molar-refractivity contribution in [1.29, 1.82) is 0 Å². The largest absolute Gasteiger partial charge is 0.289 e. The molecule has 1 aliphatic rings. The third kappa shape index (κ3) is 5.10. The Balaban J connectivity index is 1.48. The Kier molecular flexibility index (Phi) is 6.99. The molecule has 0 saturated carbocycles. The molecule has 1 aliphatic heterocycles. The summed E-state index contributed by atoms with van der Waals surface area (Å²) in [6.07, 6.45) is -0.250. The molecule has 3 aromatic carbocycles. The highest BCUT2D eigenvalue weighted by Crippen LogP contribution is 2.24. The Morgan fingerprint density at radius 1 is 0.886 bits per heavy atom. The number of benzene rings is 3. The fraction of sp³-hybridized carbons (Fsp3) is 0.125. The van der Waals surface area contributed by atoms with Crippen LogP contribution in [-0.2, 0) is 14.8 Å². The van der Waals surface area contributed by atoms with E-state index in [4.69, 9.17) is 16.8 Å². The average molecular weight is 514 g/mol. The van der Waals surface area contributed by atoms with Gasteiger partial charge in [0.15, 0.2) is 0 Å². The maximum atomic E-state index is 12.9. The summed E-state index contributed by atoms with van der Waals surface area (Å²) in [6.45, 7) is -0.234. The topological polar surface area (TPSA) is 133 Å². The molecule has 0 fully saturated rings. The maximum Gasteiger partial charge on any atom is 0.261 e. The van der Waals surface area contributed by atoms with E-state index in [2.05, 4.69) is 4.72 Å². The number of carbonyl (C=O) groups excluding carboxylic acids is 3. The van der Waals surface area contributed by atoms with Gasteiger partial charge in [-0.25, -0.2) is 13.9 Å². The second-order valence-corrected chi connectivity index (χ2v) is 9.93. The standard InChI is InChI=1S/C24H20ClN3O6S/c25-17-9-5-15(6-10-17)16-7-11-18(12-8-16)35(33,34)27-21(22(29)26-32)13-14-28-23(30)19-3-1-2-4-20(19)24(28)31/h1-12,21,27,32H,13-14H2,(H,26,29)/t21-/m1/s1. The first-order chi connectivity index (χ1) is 16.7. The molecule has 0 aliphatic carbocycles. The number of nitrogens with one attached hydrogen (secondary N) is 2. The fourth-order valence-electron chi connectivity index (χ4n) is 3.75. The minimum atomic E-state index is -4.18. The molecule has 0 bridgehead atoms. The van der Waals surface area contributed by atoms with Gasteiger partial charge in [-0.2, -0.15) is 4.72 Å². The van der Waals surface area contributed by atoms with Gasteiger partial charge < -0.3 is 0 Å². The molecule has 1 heterocycles. The van der Waals surface area contributed by atoms with E-state index in [-0.39, 0.29) is 29.0 Å². The molecule has 11 heteroatoms. The number of rotatable bonds is 8. The lowest BCUT2D eigenvalue weighted by Gasteiger charge is -2.20. The van der Waals surface area contributed by atoms with Crippen molar-refractivity contribution in [3.05, 3.63) is 88.9 Å². The van der Waals surface area contributed by atoms with E-state index in [0.29, 0.717) is 5.02 Å². The van der Waals surface area contributed by atoms with Crippen LogP contribution in [0.1, 0.15) is 27.1 Å². The van der Waals surface area contributed by atoms with Crippen molar-refractivity contribution >= 4 is 39.3 Å². The molecule has 3 amide bonds. The Morgan fingerprint density at radius 2 is 1.40 bits per heavy atom. The number of sulfonamides is 1. The number of imide groups is 1. The molecular formula is C24H20ClN3O6S. The highest BCUT2D eigenvalue weighted by Gasteiger charge is 2.36. The van der Waals surface area contributed by atoms with E-state index in [1.807, 2.05) is 0 Å². The lowest BCUT2D eigenvalue weighted by atomic mass is 10.1. The lowest BCUT2D eigenvalue weighted by molar-refractivity contribution is -0.131. The number of nitrogens with zero attached hydrogens (tertiary/aromatic N) is 1. The molecule has 0 unspecified atom stereocenters. The van der Waals surface area contributed by atoms with Gasteiger partial charge in [-0.1, -0.05) is 48.0 Å². The highest BCUT2D eigenvalue weighted by molar-refractivity contribution is 7.89. The van der Waals surface area contributed by atoms with Gasteiger partial charge in [0.05, 0.1) is 16.0 Å². The Labute approximate surface area is 206 Å². The number of halogens is 1. The van der Waals surface area contributed by atoms with Crippen LogP contribution >= 0.6 is 11.6 Å². The smallest absolute Gasteiger partial charge is 0.261 e. The van der Waals surface area contributed by atoms with E-state index in [9.17, 15) is 22.8 Å². The van der Waals surface area contributed by atoms with Crippen molar-refractivity contribution < 1.29 is 28.0 Å². The van der Waals surface area contributed by atoms with Gasteiger partial charge in [-0.3, -0.25) is 24.5 Å². The Bertz CT molecular complexity index is 1360. The fourth-order valence-corrected chi connectivity index (χ4v) is 5.10. The second-order valence-electron chi connectivity index (χ2n) is 7.78. The summed E-state index contributed by atoms with van der Waals surface area (Å²) in [5, 5.41) is 9.68. The predicted octanol–water partition coefficient (Wildman–Crippen LogP) is 2.85. The van der Waals surface area contributed by atoms with E-state index in [0.717, 1.165) is 16.0 Å². The third-order valence-corrected chi connectivity index (χ3v) is 7.33. The second kappa shape index (κ2) is 9.96. The molecule has 0 saturated heterocycles. The van der Waals surface area contributed by atoms with Crippen molar-refractivity contribution in [3.63, 3.8) is 0 Å². The van der Waals surface area contributed by atoms with E-state index >= 15 is 0 Å². The van der Waals surface area contributed by atoms with Crippen molar-refractivity contribution in [2.45, 2.75) is 17.4 Å². The predicted molar refractivity (Wildman–Crippen MR) is 127 cm³/mol. The molecule has 35 heavy (non-hydrogen) atoms. The van der Waals surface area contributed by atoms with Crippen molar-refractivity contribution in [3.8, 4) is 11.1 Å². The molecule has 3 aromatic rings. The van der Waals surface area contributed by atoms with E-state index in [1.165, 1.54) is 29.7 Å². The summed E-state index contributed by atoms with van der Waals surface area (Å²) in [7, 11) is -4.18. The van der Waals surface area contributed by atoms with Crippen LogP contribution in [0, 0.1) is 0 Å². The van der Waals surface area contributed by atoms with Gasteiger partial charge in [0, 0.05) is 11.6 Å². The zero-order chi connectivity index (χ0) is 25.2. The lowest BCUT2D eigenvalue weighted by Crippen LogP contribution is -2.47. The summed E-state index contributed by atoms with van der Waals surface area (Å²) in [5.74, 6) is -2.09. The molecule has 0 spiro atoms. The monoisotopic (exact) mass is 513 g/mol. The van der Waals surface area contributed by atoms with Crippen LogP contribution in [0.5, 0.6) is 0 Å². The highest BCUT2D eigenvalue weighted by atomic mass is 35.5. The minimum Gasteiger partial charge on any atom is -0.289 e. The molecule has 0 aromatic heterocycles. The first-order valence-corrected chi connectivity index (χ1v) is 12.3. The van der Waals surface area contributed by atoms with Gasteiger partial charge in [-0.05, 0) is 53.9 Å². The number of amides is 3. The average Bonchev–Trinajstić information content (AvgIpc) is 3.11. The summed E-state index contributed by atoms with van der Waals surface area (Å²) in [5.41, 5.74) is 3.50. The number of hydrogen-bond donors (Lipinski definition) is 3. The van der Waals surface area contributed by atoms with Crippen LogP contribution in [0.3, 0.4) is 0 Å². The number of hydrogen-bond acceptors (Lipinski definition) is 6. The van der Waals surface area contributed by atoms with Crippen molar-refractivity contribution in [2.24, 2.45) is 0 Å². The van der Waals surface area contributed by atoms with Crippen LogP contribution in [0.2, 0.25) is 5.02 Å². The van der Waals surface area contributed by atoms with Crippen molar-refractivity contribution in [2.75, 3.05) is 6.54 Å². The molecule has 3 N–H and O–H groups in total. The van der Waals surface area contributed by atoms with Crippen LogP contribution in [0.15, 0.2) is 77.7 Å². The van der Waals surface area contributed by atoms with Crippen LogP contribution in [0.4, 0.5) is 0 Å². The number of hydroxylamine groups is 1. The first kappa shape index (κ1) is 24.6. The van der Waals surface area contributed by atoms with E-state index < -0.39 is 33.8 Å². The number of carbonyl (C=O) groups is 3. The minimum absolute atomic E-state index is 0.105. The van der Waals surface area contributed by atoms with E-state index in [1.54, 1.807) is 48.5 Å². The van der Waals surface area contributed by atoms with Gasteiger partial charge >= 0.3 is 0 Å². The Hall–Kier alpha value is -3.57. The zero-order valence-electron chi connectivity index (χ0n) is 18.1. The summed E-state index contributed by atoms with van der Waals surface area (Å²) < 4.78 is 28.1. The number of fused-ring (bicyclic) bond motifs is 1. The summed E-state index contributed by atoms with van der Waals surface area (Å²) >= 11 is 5.90. The van der Waals surface area contributed by atoms with Crippen LogP contribution < -0.4 is 10.2 Å². The molecule has 4 rings (SSSR count). The maximum absolute atomic E-state index is 12.9. The zero-order valence-corrected chi connectivity index (χ0v) is 19.7. The molecule has 0 radical (unpaired) electrons. The molecular weight excluding hydrogens is 494 g/mol. The van der Waals surface area contributed by atoms with Gasteiger partial charge in [0.25, 0.3) is 17.7 Å². The summed E-state index contributed by atoms with van der Waals surface area (Å²) in [4.78, 5) is 38.1. The molecule has 1 atom stereocenters. The van der Waals surface area contributed by atoms with Gasteiger partial charge in [0.1, 0.15) is 6.04 Å². The van der Waals surface area contributed by atoms with Crippen molar-refractivity contribution in [1.82, 2.24) is 15.1 Å². The van der Waals surface area contributed by atoms with Gasteiger partial charge in [-0.15, -0.1) is 0 Å². The first-order valence-electron chi connectivity index (χ1n) is 10.5. The quantitative estimate of drug-likeness (QED) is 0.241. The summed E-state index contributed by atoms with van der Waals surface area (Å²) in [6, 6.07) is 17.9. The third-order valence-electron chi connectivity index (χ3n) is 5.59. The van der Waals surface area contributed by atoms with Crippen LogP contribution in [0.25, 0.3) is 11.1 Å². The molecule has 180 valence electrons. The van der Waals surface area contributed by atoms with Crippen LogP contribution in [-0.4, -0.2) is 48.8 Å².